The quantitative estimate of drug-likeness (QED) is 0.435. The van der Waals surface area contributed by atoms with Crippen LogP contribution in [-0.4, -0.2) is 12.1 Å². The largest absolute Gasteiger partial charge is 0.459 e. The Hall–Kier alpha value is -1.56. The molecule has 0 bridgehead atoms. The van der Waals surface area contributed by atoms with Crippen LogP contribution in [0.25, 0.3) is 0 Å². The van der Waals surface area contributed by atoms with Gasteiger partial charge in [-0.2, -0.15) is 5.26 Å². The van der Waals surface area contributed by atoms with Crippen LogP contribution in [0.4, 0.5) is 0 Å². The van der Waals surface area contributed by atoms with Crippen LogP contribution >= 0.6 is 0 Å². The third-order valence-corrected chi connectivity index (χ3v) is 5.16. The van der Waals surface area contributed by atoms with Gasteiger partial charge in [0.25, 0.3) is 0 Å². The van der Waals surface area contributed by atoms with Crippen molar-refractivity contribution in [1.82, 2.24) is 0 Å². The summed E-state index contributed by atoms with van der Waals surface area (Å²) in [5.74, 6) is 1.62. The summed E-state index contributed by atoms with van der Waals surface area (Å²) in [5, 5.41) is 8.98. The van der Waals surface area contributed by atoms with E-state index in [1.807, 2.05) is 19.1 Å². The van der Waals surface area contributed by atoms with Gasteiger partial charge in [-0.25, -0.2) is 4.79 Å². The van der Waals surface area contributed by atoms with Gasteiger partial charge < -0.3 is 4.74 Å². The minimum absolute atomic E-state index is 0.0921. The Labute approximate surface area is 134 Å². The van der Waals surface area contributed by atoms with E-state index in [2.05, 4.69) is 6.07 Å². The Morgan fingerprint density at radius 1 is 1.00 bits per heavy atom. The van der Waals surface area contributed by atoms with Crippen LogP contribution in [0.5, 0.6) is 0 Å². The van der Waals surface area contributed by atoms with E-state index < -0.39 is 0 Å². The predicted molar refractivity (Wildman–Crippen MR) is 86.9 cm³/mol. The van der Waals surface area contributed by atoms with E-state index in [1.54, 1.807) is 6.08 Å². The van der Waals surface area contributed by atoms with Crippen LogP contribution in [-0.2, 0) is 9.53 Å². The smallest absolute Gasteiger partial charge is 0.331 e. The highest BCUT2D eigenvalue weighted by Gasteiger charge is 2.31. The number of nitriles is 1. The number of rotatable bonds is 4. The van der Waals surface area contributed by atoms with E-state index in [9.17, 15) is 4.79 Å². The minimum Gasteiger partial charge on any atom is -0.459 e. The number of carbonyl (C=O) groups excluding carboxylic acids is 1. The summed E-state index contributed by atoms with van der Waals surface area (Å²) >= 11 is 0. The Bertz CT molecular complexity index is 445. The maximum Gasteiger partial charge on any atom is 0.331 e. The van der Waals surface area contributed by atoms with Gasteiger partial charge in [0.2, 0.25) is 0 Å². The number of allylic oxidation sites excluding steroid dienone is 3. The molecule has 0 heterocycles. The Balaban J connectivity index is 1.70. The van der Waals surface area contributed by atoms with Crippen molar-refractivity contribution in [3.05, 3.63) is 24.3 Å². The van der Waals surface area contributed by atoms with E-state index in [4.69, 9.17) is 10.00 Å². The molecule has 0 radical (unpaired) electrons. The van der Waals surface area contributed by atoms with Gasteiger partial charge in [-0.1, -0.05) is 18.2 Å². The molecule has 0 unspecified atom stereocenters. The Kier molecular flexibility index (Phi) is 6.71. The molecule has 0 aromatic carbocycles. The zero-order valence-electron chi connectivity index (χ0n) is 13.5. The molecule has 22 heavy (non-hydrogen) atoms. The second kappa shape index (κ2) is 8.78. The molecule has 2 fully saturated rings. The van der Waals surface area contributed by atoms with Gasteiger partial charge in [0.15, 0.2) is 0 Å². The second-order valence-electron chi connectivity index (χ2n) is 6.60. The first-order valence-corrected chi connectivity index (χ1v) is 8.62. The number of esters is 1. The van der Waals surface area contributed by atoms with Crippen LogP contribution in [0.15, 0.2) is 24.3 Å². The molecule has 0 amide bonds. The molecule has 0 aromatic heterocycles. The summed E-state index contributed by atoms with van der Waals surface area (Å²) in [5.41, 5.74) is 0. The fraction of sp³-hybridized carbons (Fsp3) is 0.684. The van der Waals surface area contributed by atoms with Crippen molar-refractivity contribution >= 4 is 5.97 Å². The normalized spacial score (nSPS) is 32.9. The lowest BCUT2D eigenvalue weighted by Crippen LogP contribution is -2.29. The summed E-state index contributed by atoms with van der Waals surface area (Å²) in [4.78, 5) is 11.7. The van der Waals surface area contributed by atoms with Crippen LogP contribution in [0.2, 0.25) is 0 Å². The highest BCUT2D eigenvalue weighted by atomic mass is 16.5. The molecular weight excluding hydrogens is 274 g/mol. The lowest BCUT2D eigenvalue weighted by molar-refractivity contribution is -0.145. The zero-order valence-corrected chi connectivity index (χ0v) is 13.5. The summed E-state index contributed by atoms with van der Waals surface area (Å²) in [7, 11) is 0. The number of hydrogen-bond donors (Lipinski definition) is 0. The molecular formula is C19H27NO2. The first kappa shape index (κ1) is 16.8. The molecule has 0 spiro atoms. The standard InChI is InChI=1S/C19H27NO2/c1-2-3-4-5-19(21)22-18-12-10-17(11-13-18)16-8-6-15(14-20)7-9-16/h2-5,15-18H,6-13H2,1H3. The van der Waals surface area contributed by atoms with Crippen LogP contribution in [0.1, 0.15) is 58.3 Å². The minimum atomic E-state index is -0.226. The number of hydrogen-bond acceptors (Lipinski definition) is 3. The Morgan fingerprint density at radius 2 is 1.59 bits per heavy atom. The van der Waals surface area contributed by atoms with Crippen LogP contribution < -0.4 is 0 Å². The second-order valence-corrected chi connectivity index (χ2v) is 6.60. The maximum absolute atomic E-state index is 11.7. The third-order valence-electron chi connectivity index (χ3n) is 5.16. The molecule has 2 saturated carbocycles. The van der Waals surface area contributed by atoms with Gasteiger partial charge in [0, 0.05) is 12.0 Å². The summed E-state index contributed by atoms with van der Waals surface area (Å²) in [6, 6.07) is 2.41. The molecule has 2 rings (SSSR count). The summed E-state index contributed by atoms with van der Waals surface area (Å²) in [6.07, 6.45) is 15.9. The van der Waals surface area contributed by atoms with Crippen molar-refractivity contribution in [3.8, 4) is 6.07 Å². The van der Waals surface area contributed by atoms with Gasteiger partial charge in [0.1, 0.15) is 6.10 Å². The van der Waals surface area contributed by atoms with Crippen LogP contribution in [0.3, 0.4) is 0 Å². The SMILES string of the molecule is CC=CC=CC(=O)OC1CCC(C2CCC(C#N)CC2)CC1. The molecule has 0 saturated heterocycles. The van der Waals surface area contributed by atoms with E-state index in [-0.39, 0.29) is 18.0 Å². The van der Waals surface area contributed by atoms with Crippen molar-refractivity contribution < 1.29 is 9.53 Å². The molecule has 3 heteroatoms. The lowest BCUT2D eigenvalue weighted by atomic mass is 9.71. The molecule has 0 aliphatic heterocycles. The third kappa shape index (κ3) is 5.02. The lowest BCUT2D eigenvalue weighted by Gasteiger charge is -2.36. The van der Waals surface area contributed by atoms with Crippen molar-refractivity contribution in [2.24, 2.45) is 17.8 Å². The number of carbonyl (C=O) groups is 1. The maximum atomic E-state index is 11.7. The first-order chi connectivity index (χ1) is 10.7. The van der Waals surface area contributed by atoms with Crippen molar-refractivity contribution in [1.29, 1.82) is 5.26 Å². The molecule has 120 valence electrons. The van der Waals surface area contributed by atoms with Gasteiger partial charge in [-0.3, -0.25) is 0 Å². The van der Waals surface area contributed by atoms with E-state index in [1.165, 1.54) is 31.8 Å². The number of ether oxygens (including phenoxy) is 1. The van der Waals surface area contributed by atoms with Crippen LogP contribution in [0, 0.1) is 29.1 Å². The van der Waals surface area contributed by atoms with Gasteiger partial charge in [-0.05, 0) is 70.1 Å². The van der Waals surface area contributed by atoms with Crippen molar-refractivity contribution in [2.45, 2.75) is 64.4 Å². The molecule has 0 N–H and O–H groups in total. The summed E-state index contributed by atoms with van der Waals surface area (Å²) < 4.78 is 5.51. The van der Waals surface area contributed by atoms with E-state index in [0.29, 0.717) is 0 Å². The highest BCUT2D eigenvalue weighted by Crippen LogP contribution is 2.40. The van der Waals surface area contributed by atoms with E-state index in [0.717, 1.165) is 37.5 Å². The fourth-order valence-corrected chi connectivity index (χ4v) is 3.85. The molecule has 2 aliphatic rings. The average molecular weight is 301 g/mol. The van der Waals surface area contributed by atoms with Gasteiger partial charge in [0.05, 0.1) is 6.07 Å². The highest BCUT2D eigenvalue weighted by molar-refractivity contribution is 5.82. The number of nitrogens with zero attached hydrogens (tertiary/aromatic N) is 1. The fourth-order valence-electron chi connectivity index (χ4n) is 3.85. The van der Waals surface area contributed by atoms with Gasteiger partial charge in [-0.15, -0.1) is 0 Å². The predicted octanol–water partition coefficient (Wildman–Crippen LogP) is 4.55. The molecule has 3 nitrogen and oxygen atoms in total. The van der Waals surface area contributed by atoms with E-state index >= 15 is 0 Å². The monoisotopic (exact) mass is 301 g/mol. The zero-order chi connectivity index (χ0) is 15.8. The average Bonchev–Trinajstić information content (AvgIpc) is 2.56. The van der Waals surface area contributed by atoms with Crippen molar-refractivity contribution in [2.75, 3.05) is 0 Å². The Morgan fingerprint density at radius 3 is 2.14 bits per heavy atom. The summed E-state index contributed by atoms with van der Waals surface area (Å²) in [6.45, 7) is 1.92. The van der Waals surface area contributed by atoms with Crippen molar-refractivity contribution in [3.63, 3.8) is 0 Å². The molecule has 0 atom stereocenters. The topological polar surface area (TPSA) is 50.1 Å². The van der Waals surface area contributed by atoms with Gasteiger partial charge >= 0.3 is 5.97 Å². The molecule has 0 aromatic rings. The molecule has 2 aliphatic carbocycles. The first-order valence-electron chi connectivity index (χ1n) is 8.62.